The van der Waals surface area contributed by atoms with Gasteiger partial charge in [0.2, 0.25) is 0 Å². The average Bonchev–Trinajstić information content (AvgIpc) is 3.10. The Balaban J connectivity index is 1.75. The van der Waals surface area contributed by atoms with Gasteiger partial charge in [-0.3, -0.25) is 0 Å². The molecule has 1 N–H and O–H groups in total. The van der Waals surface area contributed by atoms with Gasteiger partial charge in [0, 0.05) is 44.8 Å². The molecule has 0 amide bonds. The van der Waals surface area contributed by atoms with E-state index in [0.717, 1.165) is 64.6 Å². The molecule has 0 radical (unpaired) electrons. The normalized spacial score (nSPS) is 17.7. The fourth-order valence-corrected chi connectivity index (χ4v) is 3.88. The van der Waals surface area contributed by atoms with Crippen LogP contribution in [0.2, 0.25) is 0 Å². The second kappa shape index (κ2) is 11.6. The Morgan fingerprint density at radius 3 is 2.15 bits per heavy atom. The molecule has 5 heteroatoms. The van der Waals surface area contributed by atoms with Gasteiger partial charge >= 0.3 is 0 Å². The number of hydrogen-bond acceptors (Lipinski definition) is 5. The van der Waals surface area contributed by atoms with Crippen LogP contribution in [0, 0.1) is 0 Å². The van der Waals surface area contributed by atoms with E-state index in [1.165, 1.54) is 5.56 Å². The molecule has 1 aromatic rings. The molecule has 1 unspecified atom stereocenters. The van der Waals surface area contributed by atoms with Gasteiger partial charge in [-0.15, -0.1) is 0 Å². The van der Waals surface area contributed by atoms with E-state index in [1.807, 2.05) is 0 Å². The van der Waals surface area contributed by atoms with E-state index in [2.05, 4.69) is 79.1 Å². The minimum Gasteiger partial charge on any atom is -0.494 e. The monoisotopic (exact) mass is 376 g/mol. The lowest BCUT2D eigenvalue weighted by molar-refractivity contribution is 0.0388. The van der Waals surface area contributed by atoms with Crippen LogP contribution in [-0.4, -0.2) is 73.4 Å². The van der Waals surface area contributed by atoms with Gasteiger partial charge in [0.05, 0.1) is 6.61 Å². The maximum Gasteiger partial charge on any atom is 0.119 e. The molecule has 0 saturated carbocycles. The Morgan fingerprint density at radius 1 is 1.04 bits per heavy atom. The van der Waals surface area contributed by atoms with Gasteiger partial charge in [-0.1, -0.05) is 39.8 Å². The van der Waals surface area contributed by atoms with E-state index in [4.69, 9.17) is 4.74 Å². The molecule has 1 atom stereocenters. The van der Waals surface area contributed by atoms with Crippen molar-refractivity contribution in [1.29, 1.82) is 0 Å². The summed E-state index contributed by atoms with van der Waals surface area (Å²) in [6.45, 7) is 19.6. The molecule has 1 aliphatic heterocycles. The molecular weight excluding hydrogens is 336 g/mol. The molecule has 1 fully saturated rings. The van der Waals surface area contributed by atoms with Crippen molar-refractivity contribution in [2.45, 2.75) is 53.1 Å². The average molecular weight is 377 g/mol. The van der Waals surface area contributed by atoms with Crippen LogP contribution in [0.15, 0.2) is 24.3 Å². The summed E-state index contributed by atoms with van der Waals surface area (Å²) in [4.78, 5) is 2.43. The first-order valence-corrected chi connectivity index (χ1v) is 10.8. The number of nitrogens with zero attached hydrogens (tertiary/aromatic N) is 3. The smallest absolute Gasteiger partial charge is 0.119 e. The number of rotatable bonds is 12. The zero-order chi connectivity index (χ0) is 19.6. The van der Waals surface area contributed by atoms with Gasteiger partial charge in [0.1, 0.15) is 5.75 Å². The molecule has 1 aliphatic rings. The summed E-state index contributed by atoms with van der Waals surface area (Å²) < 4.78 is 5.91. The molecule has 0 bridgehead atoms. The van der Waals surface area contributed by atoms with Gasteiger partial charge in [0.15, 0.2) is 0 Å². The molecular formula is C22H40N4O. The standard InChI is InChI=1S/C22H40N4O/c1-6-24(7-2)15-10-16-27-22-13-11-20(12-14-22)19(5)23-21-17-25(8-3)26(9-4)18-21/h11-14,19,21,23H,6-10,15-18H2,1-5H3. The van der Waals surface area contributed by atoms with Crippen molar-refractivity contribution >= 4 is 0 Å². The Hall–Kier alpha value is -1.14. The Labute approximate surface area is 166 Å². The highest BCUT2D eigenvalue weighted by Crippen LogP contribution is 2.20. The SMILES string of the molecule is CCN(CC)CCCOc1ccc(C(C)NC2CN(CC)N(CC)C2)cc1. The summed E-state index contributed by atoms with van der Waals surface area (Å²) in [5.74, 6) is 0.973. The zero-order valence-electron chi connectivity index (χ0n) is 18.1. The summed E-state index contributed by atoms with van der Waals surface area (Å²) in [6, 6.07) is 9.48. The zero-order valence-corrected chi connectivity index (χ0v) is 18.1. The highest BCUT2D eigenvalue weighted by atomic mass is 16.5. The third kappa shape index (κ3) is 6.75. The molecule has 2 rings (SSSR count). The van der Waals surface area contributed by atoms with Crippen LogP contribution >= 0.6 is 0 Å². The van der Waals surface area contributed by atoms with Crippen molar-refractivity contribution in [2.75, 3.05) is 52.4 Å². The molecule has 5 nitrogen and oxygen atoms in total. The van der Waals surface area contributed by atoms with Crippen molar-refractivity contribution in [3.8, 4) is 5.75 Å². The van der Waals surface area contributed by atoms with Gasteiger partial charge in [-0.2, -0.15) is 0 Å². The second-order valence-electron chi connectivity index (χ2n) is 7.39. The lowest BCUT2D eigenvalue weighted by Crippen LogP contribution is -2.35. The Morgan fingerprint density at radius 2 is 1.63 bits per heavy atom. The number of ether oxygens (including phenoxy) is 1. The number of nitrogens with one attached hydrogen (secondary N) is 1. The predicted molar refractivity (Wildman–Crippen MR) is 114 cm³/mol. The highest BCUT2D eigenvalue weighted by molar-refractivity contribution is 5.29. The van der Waals surface area contributed by atoms with Gasteiger partial charge in [-0.05, 0) is 44.1 Å². The minimum atomic E-state index is 0.349. The van der Waals surface area contributed by atoms with Crippen LogP contribution in [0.3, 0.4) is 0 Å². The minimum absolute atomic E-state index is 0.349. The Bertz CT molecular complexity index is 506. The van der Waals surface area contributed by atoms with Crippen LogP contribution < -0.4 is 10.1 Å². The van der Waals surface area contributed by atoms with Gasteiger partial charge in [0.25, 0.3) is 0 Å². The third-order valence-corrected chi connectivity index (χ3v) is 5.64. The summed E-state index contributed by atoms with van der Waals surface area (Å²) in [6.07, 6.45) is 1.07. The molecule has 1 saturated heterocycles. The largest absolute Gasteiger partial charge is 0.494 e. The summed E-state index contributed by atoms with van der Waals surface area (Å²) in [5, 5.41) is 8.68. The van der Waals surface area contributed by atoms with Crippen molar-refractivity contribution in [2.24, 2.45) is 0 Å². The first kappa shape index (κ1) is 22.2. The van der Waals surface area contributed by atoms with Crippen molar-refractivity contribution in [3.05, 3.63) is 29.8 Å². The van der Waals surface area contributed by atoms with Crippen LogP contribution in [-0.2, 0) is 0 Å². The number of benzene rings is 1. The van der Waals surface area contributed by atoms with E-state index in [9.17, 15) is 0 Å². The highest BCUT2D eigenvalue weighted by Gasteiger charge is 2.28. The van der Waals surface area contributed by atoms with Crippen LogP contribution in [0.25, 0.3) is 0 Å². The number of hydrogen-bond donors (Lipinski definition) is 1. The van der Waals surface area contributed by atoms with Crippen molar-refractivity contribution in [1.82, 2.24) is 20.2 Å². The summed E-state index contributed by atoms with van der Waals surface area (Å²) in [5.41, 5.74) is 1.32. The maximum absolute atomic E-state index is 5.91. The van der Waals surface area contributed by atoms with Gasteiger partial charge < -0.3 is 15.0 Å². The lowest BCUT2D eigenvalue weighted by atomic mass is 10.1. The summed E-state index contributed by atoms with van der Waals surface area (Å²) in [7, 11) is 0. The summed E-state index contributed by atoms with van der Waals surface area (Å²) >= 11 is 0. The van der Waals surface area contributed by atoms with Crippen molar-refractivity contribution in [3.63, 3.8) is 0 Å². The third-order valence-electron chi connectivity index (χ3n) is 5.64. The van der Waals surface area contributed by atoms with E-state index < -0.39 is 0 Å². The molecule has 1 aromatic carbocycles. The molecule has 0 spiro atoms. The predicted octanol–water partition coefficient (Wildman–Crippen LogP) is 3.39. The maximum atomic E-state index is 5.91. The molecule has 154 valence electrons. The fraction of sp³-hybridized carbons (Fsp3) is 0.727. The van der Waals surface area contributed by atoms with Crippen LogP contribution in [0.1, 0.15) is 52.6 Å². The fourth-order valence-electron chi connectivity index (χ4n) is 3.88. The van der Waals surface area contributed by atoms with E-state index in [1.54, 1.807) is 0 Å². The quantitative estimate of drug-likeness (QED) is 0.565. The Kier molecular flexibility index (Phi) is 9.56. The van der Waals surface area contributed by atoms with E-state index >= 15 is 0 Å². The van der Waals surface area contributed by atoms with Crippen LogP contribution in [0.4, 0.5) is 0 Å². The molecule has 0 aliphatic carbocycles. The first-order valence-electron chi connectivity index (χ1n) is 10.8. The first-order chi connectivity index (χ1) is 13.1. The second-order valence-corrected chi connectivity index (χ2v) is 7.39. The van der Waals surface area contributed by atoms with E-state index in [-0.39, 0.29) is 0 Å². The lowest BCUT2D eigenvalue weighted by Gasteiger charge is -2.24. The molecule has 0 aromatic heterocycles. The van der Waals surface area contributed by atoms with Gasteiger partial charge in [-0.25, -0.2) is 10.0 Å². The number of hydrazine groups is 1. The molecule has 27 heavy (non-hydrogen) atoms. The van der Waals surface area contributed by atoms with Crippen molar-refractivity contribution < 1.29 is 4.74 Å². The van der Waals surface area contributed by atoms with E-state index in [0.29, 0.717) is 12.1 Å². The van der Waals surface area contributed by atoms with Crippen LogP contribution in [0.5, 0.6) is 5.75 Å². The number of likely N-dealkylation sites (N-methyl/N-ethyl adjacent to an activating group) is 2. The molecule has 1 heterocycles. The topological polar surface area (TPSA) is 31.0 Å².